The molecule has 0 fully saturated rings. The lowest BCUT2D eigenvalue weighted by Crippen LogP contribution is -2.24. The number of alkyl halides is 3. The molecule has 0 aromatic heterocycles. The molecule has 5 nitrogen and oxygen atoms in total. The van der Waals surface area contributed by atoms with Crippen LogP contribution in [0.5, 0.6) is 0 Å². The standard InChI is InChI=1S/C12H16F3N3O2/c1-3-16-9-5-4-6-10(11(9)18(19)20)17(2)8-7-12(13,14)15/h4-6,16H,3,7-8H2,1-2H3. The molecule has 0 aliphatic heterocycles. The van der Waals surface area contributed by atoms with Crippen LogP contribution in [0.2, 0.25) is 0 Å². The van der Waals surface area contributed by atoms with Gasteiger partial charge in [0.15, 0.2) is 0 Å². The molecule has 0 spiro atoms. The van der Waals surface area contributed by atoms with E-state index in [4.69, 9.17) is 0 Å². The van der Waals surface area contributed by atoms with Crippen LogP contribution in [-0.4, -0.2) is 31.2 Å². The average molecular weight is 291 g/mol. The zero-order chi connectivity index (χ0) is 15.3. The summed E-state index contributed by atoms with van der Waals surface area (Å²) in [6.45, 7) is 1.93. The summed E-state index contributed by atoms with van der Waals surface area (Å²) in [6.07, 6.45) is -5.31. The molecule has 0 heterocycles. The monoisotopic (exact) mass is 291 g/mol. The minimum absolute atomic E-state index is 0.165. The average Bonchev–Trinajstić information content (AvgIpc) is 2.35. The van der Waals surface area contributed by atoms with Crippen LogP contribution in [0.1, 0.15) is 13.3 Å². The Morgan fingerprint density at radius 3 is 2.55 bits per heavy atom. The Kier molecular flexibility index (Phi) is 5.18. The van der Waals surface area contributed by atoms with E-state index < -0.39 is 17.5 Å². The first-order valence-electron chi connectivity index (χ1n) is 6.05. The first-order chi connectivity index (χ1) is 9.26. The molecule has 1 rings (SSSR count). The number of nitro benzene ring substituents is 1. The van der Waals surface area contributed by atoms with Gasteiger partial charge in [0.1, 0.15) is 11.4 Å². The normalized spacial score (nSPS) is 11.2. The smallest absolute Gasteiger partial charge is 0.380 e. The summed E-state index contributed by atoms with van der Waals surface area (Å²) in [5.41, 5.74) is 0.255. The molecule has 0 saturated carbocycles. The molecule has 112 valence electrons. The molecule has 1 aromatic rings. The molecule has 0 atom stereocenters. The van der Waals surface area contributed by atoms with Gasteiger partial charge in [-0.15, -0.1) is 0 Å². The van der Waals surface area contributed by atoms with E-state index in [1.165, 1.54) is 24.1 Å². The highest BCUT2D eigenvalue weighted by molar-refractivity contribution is 5.76. The van der Waals surface area contributed by atoms with Crippen molar-refractivity contribution in [3.8, 4) is 0 Å². The molecule has 0 saturated heterocycles. The summed E-state index contributed by atoms with van der Waals surface area (Å²) in [7, 11) is 1.41. The van der Waals surface area contributed by atoms with Gasteiger partial charge in [-0.1, -0.05) is 6.07 Å². The number of para-hydroxylation sites is 1. The lowest BCUT2D eigenvalue weighted by molar-refractivity contribution is -0.383. The maximum absolute atomic E-state index is 12.2. The molecule has 0 unspecified atom stereocenters. The number of halogens is 3. The zero-order valence-corrected chi connectivity index (χ0v) is 11.2. The first-order valence-corrected chi connectivity index (χ1v) is 6.05. The van der Waals surface area contributed by atoms with E-state index >= 15 is 0 Å². The van der Waals surface area contributed by atoms with E-state index in [1.807, 2.05) is 0 Å². The first kappa shape index (κ1) is 16.1. The van der Waals surface area contributed by atoms with Crippen molar-refractivity contribution >= 4 is 17.1 Å². The van der Waals surface area contributed by atoms with Crippen molar-refractivity contribution in [2.75, 3.05) is 30.4 Å². The second-order valence-corrected chi connectivity index (χ2v) is 4.25. The number of rotatable bonds is 6. The van der Waals surface area contributed by atoms with Crippen LogP contribution in [-0.2, 0) is 0 Å². The van der Waals surface area contributed by atoms with Crippen LogP contribution in [0.3, 0.4) is 0 Å². The number of hydrogen-bond donors (Lipinski definition) is 1. The molecule has 1 N–H and O–H groups in total. The molecule has 20 heavy (non-hydrogen) atoms. The van der Waals surface area contributed by atoms with Crippen LogP contribution in [0, 0.1) is 10.1 Å². The summed E-state index contributed by atoms with van der Waals surface area (Å²) in [5, 5.41) is 14.0. The lowest BCUT2D eigenvalue weighted by Gasteiger charge is -2.21. The highest BCUT2D eigenvalue weighted by Crippen LogP contribution is 2.35. The maximum atomic E-state index is 12.2. The van der Waals surface area contributed by atoms with Crippen molar-refractivity contribution in [2.24, 2.45) is 0 Å². The van der Waals surface area contributed by atoms with Gasteiger partial charge in [0.05, 0.1) is 11.3 Å². The molecule has 1 aromatic carbocycles. The Balaban J connectivity index is 3.04. The van der Waals surface area contributed by atoms with Gasteiger partial charge >= 0.3 is 11.9 Å². The topological polar surface area (TPSA) is 58.4 Å². The number of anilines is 2. The molecule has 0 aliphatic rings. The Bertz CT molecular complexity index is 478. The minimum Gasteiger partial charge on any atom is -0.380 e. The number of nitrogens with zero attached hydrogens (tertiary/aromatic N) is 2. The van der Waals surface area contributed by atoms with Crippen molar-refractivity contribution in [1.29, 1.82) is 0 Å². The highest BCUT2D eigenvalue weighted by Gasteiger charge is 2.29. The fraction of sp³-hybridized carbons (Fsp3) is 0.500. The van der Waals surface area contributed by atoms with Crippen molar-refractivity contribution in [3.05, 3.63) is 28.3 Å². The van der Waals surface area contributed by atoms with E-state index in [9.17, 15) is 23.3 Å². The third kappa shape index (κ3) is 4.29. The minimum atomic E-state index is -4.29. The molecule has 0 radical (unpaired) electrons. The Labute approximate surface area is 114 Å². The van der Waals surface area contributed by atoms with E-state index in [1.54, 1.807) is 13.0 Å². The largest absolute Gasteiger partial charge is 0.390 e. The number of nitro groups is 1. The van der Waals surface area contributed by atoms with Gasteiger partial charge in [0.25, 0.3) is 0 Å². The molecule has 0 bridgehead atoms. The van der Waals surface area contributed by atoms with Gasteiger partial charge in [-0.3, -0.25) is 10.1 Å². The number of hydrogen-bond acceptors (Lipinski definition) is 4. The van der Waals surface area contributed by atoms with Crippen LogP contribution < -0.4 is 10.2 Å². The van der Waals surface area contributed by atoms with E-state index in [2.05, 4.69) is 5.32 Å². The van der Waals surface area contributed by atoms with Crippen molar-refractivity contribution in [2.45, 2.75) is 19.5 Å². The zero-order valence-electron chi connectivity index (χ0n) is 11.2. The van der Waals surface area contributed by atoms with Crippen LogP contribution in [0.15, 0.2) is 18.2 Å². The Morgan fingerprint density at radius 2 is 2.05 bits per heavy atom. The second kappa shape index (κ2) is 6.44. The van der Waals surface area contributed by atoms with Crippen molar-refractivity contribution < 1.29 is 18.1 Å². The summed E-state index contributed by atoms with van der Waals surface area (Å²) in [5.74, 6) is 0. The van der Waals surface area contributed by atoms with Gasteiger partial charge in [-0.25, -0.2) is 0 Å². The Morgan fingerprint density at radius 1 is 1.40 bits per heavy atom. The van der Waals surface area contributed by atoms with Gasteiger partial charge in [0.2, 0.25) is 0 Å². The summed E-state index contributed by atoms with van der Waals surface area (Å²) >= 11 is 0. The van der Waals surface area contributed by atoms with Crippen LogP contribution >= 0.6 is 0 Å². The van der Waals surface area contributed by atoms with Crippen molar-refractivity contribution in [3.63, 3.8) is 0 Å². The van der Waals surface area contributed by atoms with E-state index in [-0.39, 0.29) is 17.9 Å². The third-order valence-electron chi connectivity index (χ3n) is 2.71. The Hall–Kier alpha value is -1.99. The quantitative estimate of drug-likeness (QED) is 0.644. The second-order valence-electron chi connectivity index (χ2n) is 4.25. The predicted molar refractivity (Wildman–Crippen MR) is 71.2 cm³/mol. The van der Waals surface area contributed by atoms with E-state index in [0.29, 0.717) is 12.2 Å². The van der Waals surface area contributed by atoms with Crippen molar-refractivity contribution in [1.82, 2.24) is 0 Å². The third-order valence-corrected chi connectivity index (χ3v) is 2.71. The maximum Gasteiger partial charge on any atom is 0.390 e. The van der Waals surface area contributed by atoms with Gasteiger partial charge < -0.3 is 10.2 Å². The molecular weight excluding hydrogens is 275 g/mol. The predicted octanol–water partition coefficient (Wildman–Crippen LogP) is 3.42. The van der Waals surface area contributed by atoms with Gasteiger partial charge in [0, 0.05) is 20.1 Å². The lowest BCUT2D eigenvalue weighted by atomic mass is 10.2. The molecule has 8 heteroatoms. The molecule has 0 amide bonds. The van der Waals surface area contributed by atoms with Gasteiger partial charge in [-0.05, 0) is 19.1 Å². The molecule has 0 aliphatic carbocycles. The number of nitrogens with one attached hydrogen (secondary N) is 1. The summed E-state index contributed by atoms with van der Waals surface area (Å²) in [6, 6.07) is 4.54. The van der Waals surface area contributed by atoms with Crippen LogP contribution in [0.25, 0.3) is 0 Å². The van der Waals surface area contributed by atoms with Crippen LogP contribution in [0.4, 0.5) is 30.2 Å². The number of benzene rings is 1. The fourth-order valence-electron chi connectivity index (χ4n) is 1.78. The van der Waals surface area contributed by atoms with E-state index in [0.717, 1.165) is 0 Å². The van der Waals surface area contributed by atoms with Gasteiger partial charge in [-0.2, -0.15) is 13.2 Å². The molecular formula is C12H16F3N3O2. The SMILES string of the molecule is CCNc1cccc(N(C)CCC(F)(F)F)c1[N+](=O)[O-]. The highest BCUT2D eigenvalue weighted by atomic mass is 19.4. The summed E-state index contributed by atoms with van der Waals surface area (Å²) < 4.78 is 36.7. The summed E-state index contributed by atoms with van der Waals surface area (Å²) in [4.78, 5) is 11.8. The fourth-order valence-corrected chi connectivity index (χ4v) is 1.78.